The maximum Gasteiger partial charge on any atom is 0.210 e. The molecule has 1 aromatic carbocycles. The van der Waals surface area contributed by atoms with Crippen molar-refractivity contribution >= 4 is 30.9 Å². The van der Waals surface area contributed by atoms with E-state index < -0.39 is 31.4 Å². The van der Waals surface area contributed by atoms with Gasteiger partial charge in [0, 0.05) is 0 Å². The number of nitrogens with zero attached hydrogens (tertiary/aromatic N) is 2. The predicted molar refractivity (Wildman–Crippen MR) is 69.6 cm³/mol. The van der Waals surface area contributed by atoms with Crippen molar-refractivity contribution in [2.75, 3.05) is 11.5 Å². The summed E-state index contributed by atoms with van der Waals surface area (Å²) < 4.78 is 45.4. The molecule has 0 amide bonds. The van der Waals surface area contributed by atoms with E-state index in [1.165, 1.54) is 0 Å². The molecule has 102 valence electrons. The number of benzene rings is 1. The van der Waals surface area contributed by atoms with E-state index in [1.807, 2.05) is 0 Å². The van der Waals surface area contributed by atoms with Gasteiger partial charge in [-0.2, -0.15) is 0 Å². The average molecular weight is 301 g/mol. The third kappa shape index (κ3) is 3.46. The van der Waals surface area contributed by atoms with Crippen molar-refractivity contribution in [3.8, 4) is 0 Å². The minimum Gasteiger partial charge on any atom is -0.252 e. The standard InChI is InChI=1S/C10H11N3O4S2/c11-19(16,17)6-5-18(14,15)10-7-12-8-3-1-2-4-9(8)13-10/h1-4,7H,5-6H2,(H2,11,16,17). The van der Waals surface area contributed by atoms with Gasteiger partial charge in [-0.1, -0.05) is 12.1 Å². The molecule has 2 N–H and O–H groups in total. The summed E-state index contributed by atoms with van der Waals surface area (Å²) in [6.45, 7) is 0. The first-order valence-corrected chi connectivity index (χ1v) is 8.60. The Morgan fingerprint density at radius 1 is 1.00 bits per heavy atom. The molecule has 0 saturated carbocycles. The number of hydrogen-bond acceptors (Lipinski definition) is 6. The first kappa shape index (κ1) is 13.8. The highest BCUT2D eigenvalue weighted by molar-refractivity contribution is 7.94. The molecule has 2 aromatic rings. The smallest absolute Gasteiger partial charge is 0.210 e. The van der Waals surface area contributed by atoms with Crippen LogP contribution in [0.5, 0.6) is 0 Å². The lowest BCUT2D eigenvalue weighted by Crippen LogP contribution is -2.23. The normalized spacial score (nSPS) is 12.7. The molecule has 0 aliphatic carbocycles. The lowest BCUT2D eigenvalue weighted by molar-refractivity contribution is 0.586. The molecule has 0 atom stereocenters. The van der Waals surface area contributed by atoms with E-state index in [2.05, 4.69) is 9.97 Å². The van der Waals surface area contributed by atoms with Crippen LogP contribution >= 0.6 is 0 Å². The van der Waals surface area contributed by atoms with Crippen molar-refractivity contribution < 1.29 is 16.8 Å². The first-order chi connectivity index (χ1) is 8.78. The Balaban J connectivity index is 2.38. The lowest BCUT2D eigenvalue weighted by Gasteiger charge is -2.03. The average Bonchev–Trinajstić information content (AvgIpc) is 2.35. The third-order valence-electron chi connectivity index (χ3n) is 2.38. The number of aromatic nitrogens is 2. The van der Waals surface area contributed by atoms with E-state index in [4.69, 9.17) is 5.14 Å². The Bertz CT molecular complexity index is 816. The molecule has 0 spiro atoms. The van der Waals surface area contributed by atoms with Gasteiger partial charge in [0.25, 0.3) is 0 Å². The van der Waals surface area contributed by atoms with Gasteiger partial charge in [-0.15, -0.1) is 0 Å². The molecule has 0 unspecified atom stereocenters. The summed E-state index contributed by atoms with van der Waals surface area (Å²) in [7, 11) is -7.65. The minimum atomic E-state index is -3.84. The Morgan fingerprint density at radius 2 is 1.63 bits per heavy atom. The van der Waals surface area contributed by atoms with E-state index in [1.54, 1.807) is 24.3 Å². The van der Waals surface area contributed by atoms with Crippen LogP contribution in [0, 0.1) is 0 Å². The summed E-state index contributed by atoms with van der Waals surface area (Å²) in [6.07, 6.45) is 1.11. The molecule has 9 heteroatoms. The number of rotatable bonds is 4. The van der Waals surface area contributed by atoms with Gasteiger partial charge in [0.1, 0.15) is 0 Å². The molecule has 0 saturated heterocycles. The van der Waals surface area contributed by atoms with Crippen LogP contribution in [0.15, 0.2) is 35.5 Å². The van der Waals surface area contributed by atoms with Gasteiger partial charge < -0.3 is 0 Å². The molecule has 7 nitrogen and oxygen atoms in total. The Hall–Kier alpha value is -1.58. The van der Waals surface area contributed by atoms with Crippen LogP contribution in [-0.4, -0.2) is 38.3 Å². The first-order valence-electron chi connectivity index (χ1n) is 5.23. The number of para-hydroxylation sites is 2. The second-order valence-corrected chi connectivity index (χ2v) is 7.67. The number of hydrogen-bond donors (Lipinski definition) is 1. The van der Waals surface area contributed by atoms with Gasteiger partial charge in [-0.25, -0.2) is 27.0 Å². The number of nitrogens with two attached hydrogens (primary N) is 1. The highest BCUT2D eigenvalue weighted by Crippen LogP contribution is 2.13. The molecule has 1 heterocycles. The van der Waals surface area contributed by atoms with Crippen molar-refractivity contribution in [2.45, 2.75) is 5.03 Å². The zero-order valence-electron chi connectivity index (χ0n) is 9.72. The summed E-state index contributed by atoms with van der Waals surface area (Å²) in [5, 5.41) is 4.53. The van der Waals surface area contributed by atoms with E-state index in [0.29, 0.717) is 11.0 Å². The second-order valence-electron chi connectivity index (χ2n) is 3.88. The van der Waals surface area contributed by atoms with Crippen LogP contribution in [-0.2, 0) is 19.9 Å². The topological polar surface area (TPSA) is 120 Å². The third-order valence-corrected chi connectivity index (χ3v) is 4.99. The van der Waals surface area contributed by atoms with Crippen molar-refractivity contribution in [3.63, 3.8) is 0 Å². The van der Waals surface area contributed by atoms with Gasteiger partial charge in [-0.3, -0.25) is 4.98 Å². The van der Waals surface area contributed by atoms with Crippen molar-refractivity contribution in [2.24, 2.45) is 5.14 Å². The number of fused-ring (bicyclic) bond motifs is 1. The van der Waals surface area contributed by atoms with Gasteiger partial charge in [0.05, 0.1) is 28.7 Å². The summed E-state index contributed by atoms with van der Waals surface area (Å²) >= 11 is 0. The Morgan fingerprint density at radius 3 is 2.26 bits per heavy atom. The Kier molecular flexibility index (Phi) is 3.52. The van der Waals surface area contributed by atoms with Crippen molar-refractivity contribution in [1.82, 2.24) is 9.97 Å². The summed E-state index contributed by atoms with van der Waals surface area (Å²) in [4.78, 5) is 7.93. The van der Waals surface area contributed by atoms with Gasteiger partial charge in [0.2, 0.25) is 10.0 Å². The number of primary sulfonamides is 1. The molecule has 1 aromatic heterocycles. The SMILES string of the molecule is NS(=O)(=O)CCS(=O)(=O)c1cnc2ccccc2n1. The highest BCUT2D eigenvalue weighted by atomic mass is 32.2. The summed E-state index contributed by atoms with van der Waals surface area (Å²) in [5.74, 6) is -1.26. The molecular formula is C10H11N3O4S2. The van der Waals surface area contributed by atoms with Gasteiger partial charge in [-0.05, 0) is 12.1 Å². The van der Waals surface area contributed by atoms with Crippen LogP contribution < -0.4 is 5.14 Å². The highest BCUT2D eigenvalue weighted by Gasteiger charge is 2.19. The lowest BCUT2D eigenvalue weighted by atomic mass is 10.3. The van der Waals surface area contributed by atoms with Crippen LogP contribution in [0.2, 0.25) is 0 Å². The molecule has 0 fully saturated rings. The van der Waals surface area contributed by atoms with Crippen molar-refractivity contribution in [1.29, 1.82) is 0 Å². The van der Waals surface area contributed by atoms with E-state index in [0.717, 1.165) is 6.20 Å². The summed E-state index contributed by atoms with van der Waals surface area (Å²) in [6, 6.07) is 6.79. The van der Waals surface area contributed by atoms with E-state index in [-0.39, 0.29) is 5.03 Å². The molecule has 0 aliphatic rings. The molecular weight excluding hydrogens is 290 g/mol. The second kappa shape index (κ2) is 4.83. The fraction of sp³-hybridized carbons (Fsp3) is 0.200. The molecule has 0 radical (unpaired) electrons. The fourth-order valence-corrected chi connectivity index (χ4v) is 3.89. The van der Waals surface area contributed by atoms with Crippen molar-refractivity contribution in [3.05, 3.63) is 30.5 Å². The maximum atomic E-state index is 11.9. The van der Waals surface area contributed by atoms with Gasteiger partial charge in [0.15, 0.2) is 14.9 Å². The fourth-order valence-electron chi connectivity index (χ4n) is 1.42. The number of sulfonamides is 1. The minimum absolute atomic E-state index is 0.255. The van der Waals surface area contributed by atoms with E-state index in [9.17, 15) is 16.8 Å². The van der Waals surface area contributed by atoms with Crippen LogP contribution in [0.1, 0.15) is 0 Å². The zero-order valence-corrected chi connectivity index (χ0v) is 11.4. The van der Waals surface area contributed by atoms with Crippen LogP contribution in [0.4, 0.5) is 0 Å². The monoisotopic (exact) mass is 301 g/mol. The van der Waals surface area contributed by atoms with E-state index >= 15 is 0 Å². The zero-order chi connectivity index (χ0) is 14.1. The largest absolute Gasteiger partial charge is 0.252 e. The van der Waals surface area contributed by atoms with Crippen LogP contribution in [0.25, 0.3) is 11.0 Å². The molecule has 2 rings (SSSR count). The molecule has 19 heavy (non-hydrogen) atoms. The van der Waals surface area contributed by atoms with Crippen LogP contribution in [0.3, 0.4) is 0 Å². The maximum absolute atomic E-state index is 11.9. The quantitative estimate of drug-likeness (QED) is 0.827. The number of sulfone groups is 1. The molecule has 0 bridgehead atoms. The predicted octanol–water partition coefficient (Wildman–Crippen LogP) is -0.308. The summed E-state index contributed by atoms with van der Waals surface area (Å²) in [5.41, 5.74) is 0.993. The Labute approximate surface area is 110 Å². The van der Waals surface area contributed by atoms with Gasteiger partial charge >= 0.3 is 0 Å². The molecule has 0 aliphatic heterocycles.